The number of aliphatic hydroxyl groups is 1. The van der Waals surface area contributed by atoms with E-state index in [4.69, 9.17) is 9.15 Å². The van der Waals surface area contributed by atoms with Crippen LogP contribution >= 0.6 is 11.3 Å². The van der Waals surface area contributed by atoms with Crippen LogP contribution in [-0.2, 0) is 16.1 Å². The summed E-state index contributed by atoms with van der Waals surface area (Å²) in [5.41, 5.74) is 2.10. The van der Waals surface area contributed by atoms with E-state index < -0.39 is 17.7 Å². The van der Waals surface area contributed by atoms with Gasteiger partial charge in [-0.1, -0.05) is 12.1 Å². The molecule has 1 saturated heterocycles. The monoisotopic (exact) mass is 437 g/mol. The molecule has 160 valence electrons. The Bertz CT molecular complexity index is 1190. The summed E-state index contributed by atoms with van der Waals surface area (Å²) in [7, 11) is 1.51. The third kappa shape index (κ3) is 3.65. The maximum Gasteiger partial charge on any atom is 0.296 e. The Morgan fingerprint density at radius 3 is 2.58 bits per heavy atom. The fourth-order valence-electron chi connectivity index (χ4n) is 4.06. The highest BCUT2D eigenvalue weighted by atomic mass is 32.1. The van der Waals surface area contributed by atoms with Crippen molar-refractivity contribution in [1.82, 2.24) is 4.90 Å². The van der Waals surface area contributed by atoms with Crippen LogP contribution < -0.4 is 4.74 Å². The second kappa shape index (κ2) is 8.07. The van der Waals surface area contributed by atoms with Gasteiger partial charge in [0.05, 0.1) is 24.8 Å². The van der Waals surface area contributed by atoms with Gasteiger partial charge in [0.1, 0.15) is 29.1 Å². The van der Waals surface area contributed by atoms with E-state index >= 15 is 0 Å². The van der Waals surface area contributed by atoms with E-state index in [1.165, 1.54) is 23.3 Å². The molecule has 31 heavy (non-hydrogen) atoms. The molecule has 1 N–H and O–H groups in total. The maximum atomic E-state index is 13.1. The van der Waals surface area contributed by atoms with E-state index in [0.29, 0.717) is 22.8 Å². The lowest BCUT2D eigenvalue weighted by molar-refractivity contribution is -0.140. The molecule has 7 heteroatoms. The number of Topliss-reactive ketones (excluding diaryl/α,β-unsaturated/α-hetero) is 1. The van der Waals surface area contributed by atoms with E-state index in [2.05, 4.69) is 0 Å². The van der Waals surface area contributed by atoms with E-state index in [-0.39, 0.29) is 17.9 Å². The quantitative estimate of drug-likeness (QED) is 0.349. The summed E-state index contributed by atoms with van der Waals surface area (Å²) in [6.45, 7) is 5.80. The van der Waals surface area contributed by atoms with E-state index in [1.54, 1.807) is 25.1 Å². The number of methoxy groups -OCH3 is 1. The van der Waals surface area contributed by atoms with Gasteiger partial charge in [0.15, 0.2) is 0 Å². The van der Waals surface area contributed by atoms with Crippen molar-refractivity contribution in [2.45, 2.75) is 33.4 Å². The zero-order valence-electron chi connectivity index (χ0n) is 17.8. The van der Waals surface area contributed by atoms with Crippen molar-refractivity contribution in [3.05, 3.63) is 80.4 Å². The Kier molecular flexibility index (Phi) is 5.45. The summed E-state index contributed by atoms with van der Waals surface area (Å²) in [6.07, 6.45) is 0. The number of hydrogen-bond donors (Lipinski definition) is 1. The molecule has 4 rings (SSSR count). The van der Waals surface area contributed by atoms with Gasteiger partial charge < -0.3 is 19.2 Å². The topological polar surface area (TPSA) is 80.0 Å². The Morgan fingerprint density at radius 2 is 1.97 bits per heavy atom. The highest BCUT2D eigenvalue weighted by Crippen LogP contribution is 2.43. The molecule has 0 radical (unpaired) electrons. The molecule has 0 aliphatic carbocycles. The first-order valence-electron chi connectivity index (χ1n) is 9.84. The molecule has 1 fully saturated rings. The van der Waals surface area contributed by atoms with Crippen molar-refractivity contribution in [2.24, 2.45) is 0 Å². The number of nitrogens with zero attached hydrogens (tertiary/aromatic N) is 1. The number of carbonyl (C=O) groups is 2. The third-order valence-electron chi connectivity index (χ3n) is 5.36. The average molecular weight is 438 g/mol. The smallest absolute Gasteiger partial charge is 0.296 e. The van der Waals surface area contributed by atoms with Crippen LogP contribution in [0.15, 0.2) is 51.8 Å². The van der Waals surface area contributed by atoms with Crippen molar-refractivity contribution in [1.29, 1.82) is 0 Å². The molecule has 0 saturated carbocycles. The fraction of sp³-hybridized carbons (Fsp3) is 0.250. The molecule has 3 heterocycles. The number of amides is 1. The minimum atomic E-state index is -0.832. The summed E-state index contributed by atoms with van der Waals surface area (Å²) < 4.78 is 11.3. The summed E-state index contributed by atoms with van der Waals surface area (Å²) in [5.74, 6) is -0.137. The molecule has 1 amide bonds. The number of thiophene rings is 1. The number of rotatable bonds is 5. The summed E-state index contributed by atoms with van der Waals surface area (Å²) in [4.78, 5) is 28.5. The lowest BCUT2D eigenvalue weighted by atomic mass is 9.96. The summed E-state index contributed by atoms with van der Waals surface area (Å²) >= 11 is 1.50. The van der Waals surface area contributed by atoms with E-state index in [0.717, 1.165) is 16.0 Å². The number of carbonyl (C=O) groups excluding carboxylic acids is 2. The van der Waals surface area contributed by atoms with Crippen LogP contribution in [0.5, 0.6) is 5.75 Å². The number of aryl methyl sites for hydroxylation is 3. The first-order chi connectivity index (χ1) is 14.8. The van der Waals surface area contributed by atoms with Gasteiger partial charge in [-0.2, -0.15) is 0 Å². The number of hydrogen-bond acceptors (Lipinski definition) is 6. The van der Waals surface area contributed by atoms with E-state index in [9.17, 15) is 14.7 Å². The van der Waals surface area contributed by atoms with Crippen molar-refractivity contribution < 1.29 is 23.8 Å². The van der Waals surface area contributed by atoms with Crippen LogP contribution in [0, 0.1) is 20.8 Å². The minimum Gasteiger partial charge on any atom is -0.507 e. The summed E-state index contributed by atoms with van der Waals surface area (Å²) in [5, 5.41) is 13.2. The van der Waals surface area contributed by atoms with E-state index in [1.807, 2.05) is 37.4 Å². The lowest BCUT2D eigenvalue weighted by Crippen LogP contribution is -2.28. The highest BCUT2D eigenvalue weighted by Gasteiger charge is 2.48. The van der Waals surface area contributed by atoms with Gasteiger partial charge in [-0.3, -0.25) is 9.59 Å². The van der Waals surface area contributed by atoms with Crippen LogP contribution in [-0.4, -0.2) is 28.8 Å². The zero-order chi connectivity index (χ0) is 22.3. The number of likely N-dealkylation sites (tertiary alicyclic amines) is 1. The molecule has 3 aromatic rings. The van der Waals surface area contributed by atoms with Gasteiger partial charge in [0.2, 0.25) is 0 Å². The fourth-order valence-corrected chi connectivity index (χ4v) is 4.76. The first kappa shape index (κ1) is 20.9. The van der Waals surface area contributed by atoms with Gasteiger partial charge >= 0.3 is 0 Å². The highest BCUT2D eigenvalue weighted by molar-refractivity contribution is 7.09. The molecular weight excluding hydrogens is 414 g/mol. The molecular formula is C24H23NO5S. The second-order valence-corrected chi connectivity index (χ2v) is 8.65. The largest absolute Gasteiger partial charge is 0.507 e. The Morgan fingerprint density at radius 1 is 1.19 bits per heavy atom. The normalized spacial score (nSPS) is 18.1. The molecule has 1 atom stereocenters. The Labute approximate surface area is 184 Å². The predicted molar refractivity (Wildman–Crippen MR) is 118 cm³/mol. The predicted octanol–water partition coefficient (Wildman–Crippen LogP) is 4.90. The van der Waals surface area contributed by atoms with Crippen molar-refractivity contribution in [3.8, 4) is 5.75 Å². The molecule has 1 aromatic carbocycles. The number of furan rings is 1. The Hall–Kier alpha value is -3.32. The van der Waals surface area contributed by atoms with Crippen LogP contribution in [0.25, 0.3) is 5.76 Å². The van der Waals surface area contributed by atoms with Gasteiger partial charge in [-0.05, 0) is 61.5 Å². The van der Waals surface area contributed by atoms with Gasteiger partial charge in [-0.25, -0.2) is 0 Å². The average Bonchev–Trinajstić information content (AvgIpc) is 3.44. The molecule has 1 aliphatic heterocycles. The van der Waals surface area contributed by atoms with Gasteiger partial charge in [0, 0.05) is 4.88 Å². The van der Waals surface area contributed by atoms with Crippen molar-refractivity contribution in [3.63, 3.8) is 0 Å². The SMILES string of the molecule is COc1c(C)cc(C)cc1/C(O)=C1\C(=O)C(=O)N(Cc2cccs2)C1c1ccc(C)o1. The Balaban J connectivity index is 1.92. The molecule has 6 nitrogen and oxygen atoms in total. The second-order valence-electron chi connectivity index (χ2n) is 7.62. The third-order valence-corrected chi connectivity index (χ3v) is 6.22. The lowest BCUT2D eigenvalue weighted by Gasteiger charge is -2.23. The van der Waals surface area contributed by atoms with Crippen LogP contribution in [0.1, 0.15) is 39.1 Å². The van der Waals surface area contributed by atoms with Crippen molar-refractivity contribution >= 4 is 28.8 Å². The van der Waals surface area contributed by atoms with Crippen LogP contribution in [0.2, 0.25) is 0 Å². The molecule has 2 aromatic heterocycles. The first-order valence-corrected chi connectivity index (χ1v) is 10.7. The number of aliphatic hydroxyl groups excluding tert-OH is 1. The van der Waals surface area contributed by atoms with Crippen LogP contribution in [0.4, 0.5) is 0 Å². The molecule has 1 unspecified atom stereocenters. The molecule has 0 spiro atoms. The molecule has 1 aliphatic rings. The number of benzene rings is 1. The number of ketones is 1. The van der Waals surface area contributed by atoms with Gasteiger partial charge in [-0.15, -0.1) is 11.3 Å². The molecule has 0 bridgehead atoms. The van der Waals surface area contributed by atoms with Crippen molar-refractivity contribution in [2.75, 3.05) is 7.11 Å². The minimum absolute atomic E-state index is 0.000735. The maximum absolute atomic E-state index is 13.1. The summed E-state index contributed by atoms with van der Waals surface area (Å²) in [6, 6.07) is 10.2. The number of ether oxygens (including phenoxy) is 1. The van der Waals surface area contributed by atoms with Gasteiger partial charge in [0.25, 0.3) is 11.7 Å². The van der Waals surface area contributed by atoms with Crippen LogP contribution in [0.3, 0.4) is 0 Å². The zero-order valence-corrected chi connectivity index (χ0v) is 18.6. The standard InChI is InChI=1S/C24H23NO5S/c1-13-10-14(2)23(29-4)17(11-13)21(26)19-20(18-8-7-15(3)30-18)25(24(28)22(19)27)12-16-6-5-9-31-16/h5-11,20,26H,12H2,1-4H3/b21-19+.